The molecule has 0 heterocycles. The SMILES string of the molecule is I.NC(=NCc1ccc(Cl)cc1Cl)NC1CCCCC1. The number of guanidine groups is 1. The maximum absolute atomic E-state index is 6.09. The van der Waals surface area contributed by atoms with Gasteiger partial charge in [0.2, 0.25) is 0 Å². The first kappa shape index (κ1) is 17.9. The summed E-state index contributed by atoms with van der Waals surface area (Å²) in [7, 11) is 0. The van der Waals surface area contributed by atoms with Crippen molar-refractivity contribution < 1.29 is 0 Å². The fraction of sp³-hybridized carbons (Fsp3) is 0.500. The van der Waals surface area contributed by atoms with E-state index in [0.29, 0.717) is 28.6 Å². The van der Waals surface area contributed by atoms with Crippen LogP contribution in [0.1, 0.15) is 37.7 Å². The zero-order chi connectivity index (χ0) is 13.7. The van der Waals surface area contributed by atoms with Crippen LogP contribution in [0.15, 0.2) is 23.2 Å². The molecule has 20 heavy (non-hydrogen) atoms. The highest BCUT2D eigenvalue weighted by Gasteiger charge is 2.13. The van der Waals surface area contributed by atoms with E-state index in [1.807, 2.05) is 12.1 Å². The molecule has 3 N–H and O–H groups in total. The summed E-state index contributed by atoms with van der Waals surface area (Å²) in [6, 6.07) is 5.88. The van der Waals surface area contributed by atoms with Gasteiger partial charge >= 0.3 is 0 Å². The Balaban J connectivity index is 0.00000200. The van der Waals surface area contributed by atoms with Gasteiger partial charge in [-0.15, -0.1) is 24.0 Å². The van der Waals surface area contributed by atoms with Gasteiger partial charge in [-0.05, 0) is 30.5 Å². The zero-order valence-electron chi connectivity index (χ0n) is 11.2. The van der Waals surface area contributed by atoms with E-state index in [1.165, 1.54) is 32.1 Å². The summed E-state index contributed by atoms with van der Waals surface area (Å²) in [5.74, 6) is 0.498. The smallest absolute Gasteiger partial charge is 0.189 e. The standard InChI is InChI=1S/C14H19Cl2N3.HI/c15-11-7-6-10(13(16)8-11)9-18-14(17)19-12-4-2-1-3-5-12;/h6-8,12H,1-5,9H2,(H3,17,18,19);1H. The Morgan fingerprint density at radius 2 is 1.95 bits per heavy atom. The van der Waals surface area contributed by atoms with Crippen molar-refractivity contribution in [2.45, 2.75) is 44.7 Å². The number of hydrogen-bond acceptors (Lipinski definition) is 1. The van der Waals surface area contributed by atoms with Crippen molar-refractivity contribution in [3.05, 3.63) is 33.8 Å². The van der Waals surface area contributed by atoms with E-state index in [4.69, 9.17) is 28.9 Å². The topological polar surface area (TPSA) is 50.4 Å². The lowest BCUT2D eigenvalue weighted by Gasteiger charge is -2.23. The summed E-state index contributed by atoms with van der Waals surface area (Å²) < 4.78 is 0. The van der Waals surface area contributed by atoms with Gasteiger partial charge in [-0.1, -0.05) is 48.5 Å². The van der Waals surface area contributed by atoms with E-state index < -0.39 is 0 Å². The fourth-order valence-electron chi connectivity index (χ4n) is 2.32. The monoisotopic (exact) mass is 427 g/mol. The average molecular weight is 428 g/mol. The lowest BCUT2D eigenvalue weighted by atomic mass is 9.96. The molecule has 1 aromatic carbocycles. The first-order valence-electron chi connectivity index (χ1n) is 6.65. The van der Waals surface area contributed by atoms with Crippen LogP contribution in [0.3, 0.4) is 0 Å². The van der Waals surface area contributed by atoms with Gasteiger partial charge in [0.25, 0.3) is 0 Å². The molecule has 0 atom stereocenters. The third kappa shape index (κ3) is 5.66. The predicted octanol–water partition coefficient (Wildman–Crippen LogP) is 4.35. The molecule has 6 heteroatoms. The molecule has 0 radical (unpaired) electrons. The first-order valence-corrected chi connectivity index (χ1v) is 7.41. The van der Waals surface area contributed by atoms with Crippen molar-refractivity contribution in [3.8, 4) is 0 Å². The van der Waals surface area contributed by atoms with Crippen LogP contribution in [0.25, 0.3) is 0 Å². The normalized spacial score (nSPS) is 16.6. The van der Waals surface area contributed by atoms with E-state index in [-0.39, 0.29) is 24.0 Å². The Labute approximate surface area is 147 Å². The minimum absolute atomic E-state index is 0. The molecule has 3 nitrogen and oxygen atoms in total. The van der Waals surface area contributed by atoms with E-state index in [9.17, 15) is 0 Å². The molecule has 1 fully saturated rings. The van der Waals surface area contributed by atoms with Crippen molar-refractivity contribution in [1.82, 2.24) is 5.32 Å². The second-order valence-electron chi connectivity index (χ2n) is 4.92. The van der Waals surface area contributed by atoms with Gasteiger partial charge in [0, 0.05) is 16.1 Å². The Morgan fingerprint density at radius 3 is 2.60 bits per heavy atom. The number of hydrogen-bond donors (Lipinski definition) is 2. The van der Waals surface area contributed by atoms with Gasteiger partial charge in [-0.25, -0.2) is 4.99 Å². The quantitative estimate of drug-likeness (QED) is 0.428. The maximum atomic E-state index is 6.09. The van der Waals surface area contributed by atoms with E-state index in [0.717, 1.165) is 5.56 Å². The molecule has 0 amide bonds. The second-order valence-corrected chi connectivity index (χ2v) is 5.76. The summed E-state index contributed by atoms with van der Waals surface area (Å²) >= 11 is 11.9. The number of nitrogens with zero attached hydrogens (tertiary/aromatic N) is 1. The average Bonchev–Trinajstić information content (AvgIpc) is 2.39. The number of aliphatic imine (C=N–C) groups is 1. The number of nitrogens with two attached hydrogens (primary N) is 1. The molecule has 0 spiro atoms. The van der Waals surface area contributed by atoms with Gasteiger partial charge in [0.1, 0.15) is 0 Å². The Hall–Kier alpha value is -0.200. The van der Waals surface area contributed by atoms with Crippen LogP contribution < -0.4 is 11.1 Å². The molecule has 1 aromatic rings. The highest BCUT2D eigenvalue weighted by atomic mass is 127. The van der Waals surface area contributed by atoms with Crippen molar-refractivity contribution >= 4 is 53.1 Å². The number of halogens is 3. The second kappa shape index (κ2) is 8.95. The van der Waals surface area contributed by atoms with Crippen LogP contribution in [0.5, 0.6) is 0 Å². The van der Waals surface area contributed by atoms with Gasteiger partial charge in [0.05, 0.1) is 6.54 Å². The lowest BCUT2D eigenvalue weighted by molar-refractivity contribution is 0.412. The van der Waals surface area contributed by atoms with E-state index >= 15 is 0 Å². The maximum Gasteiger partial charge on any atom is 0.189 e. The molecule has 112 valence electrons. The summed E-state index contributed by atoms with van der Waals surface area (Å²) in [4.78, 5) is 4.33. The minimum Gasteiger partial charge on any atom is -0.370 e. The zero-order valence-corrected chi connectivity index (χ0v) is 15.1. The van der Waals surface area contributed by atoms with Crippen molar-refractivity contribution in [2.24, 2.45) is 10.7 Å². The van der Waals surface area contributed by atoms with Crippen molar-refractivity contribution in [1.29, 1.82) is 0 Å². The summed E-state index contributed by atoms with van der Waals surface area (Å²) in [5, 5.41) is 4.54. The van der Waals surface area contributed by atoms with Crippen LogP contribution >= 0.6 is 47.2 Å². The molecule has 0 saturated heterocycles. The van der Waals surface area contributed by atoms with Crippen molar-refractivity contribution in [3.63, 3.8) is 0 Å². The minimum atomic E-state index is 0. The molecule has 1 aliphatic carbocycles. The van der Waals surface area contributed by atoms with Crippen LogP contribution in [-0.4, -0.2) is 12.0 Å². The van der Waals surface area contributed by atoms with Gasteiger partial charge in [-0.2, -0.15) is 0 Å². The molecule has 0 unspecified atom stereocenters. The van der Waals surface area contributed by atoms with Crippen LogP contribution in [0.4, 0.5) is 0 Å². The predicted molar refractivity (Wildman–Crippen MR) is 97.2 cm³/mol. The third-order valence-electron chi connectivity index (χ3n) is 3.39. The van der Waals surface area contributed by atoms with Gasteiger partial charge in [0.15, 0.2) is 5.96 Å². The van der Waals surface area contributed by atoms with Crippen molar-refractivity contribution in [2.75, 3.05) is 0 Å². The number of nitrogens with one attached hydrogen (secondary N) is 1. The summed E-state index contributed by atoms with van der Waals surface area (Å²) in [6.45, 7) is 0.474. The Bertz CT molecular complexity index is 460. The lowest BCUT2D eigenvalue weighted by Crippen LogP contribution is -2.41. The fourth-order valence-corrected chi connectivity index (χ4v) is 2.79. The summed E-state index contributed by atoms with van der Waals surface area (Å²) in [6.07, 6.45) is 6.23. The third-order valence-corrected chi connectivity index (χ3v) is 3.98. The van der Waals surface area contributed by atoms with Gasteiger partial charge in [-0.3, -0.25) is 0 Å². The Kier molecular flexibility index (Phi) is 7.99. The highest BCUT2D eigenvalue weighted by Crippen LogP contribution is 2.21. The Morgan fingerprint density at radius 1 is 1.25 bits per heavy atom. The molecule has 0 aliphatic heterocycles. The largest absolute Gasteiger partial charge is 0.370 e. The molecule has 0 aromatic heterocycles. The molecule has 2 rings (SSSR count). The number of rotatable bonds is 3. The molecule has 1 aliphatic rings. The molecular weight excluding hydrogens is 408 g/mol. The number of benzene rings is 1. The highest BCUT2D eigenvalue weighted by molar-refractivity contribution is 14.0. The van der Waals surface area contributed by atoms with Crippen LogP contribution in [0.2, 0.25) is 10.0 Å². The summed E-state index contributed by atoms with van der Waals surface area (Å²) in [5.41, 5.74) is 6.83. The molecule has 0 bridgehead atoms. The first-order chi connectivity index (χ1) is 9.15. The van der Waals surface area contributed by atoms with Crippen LogP contribution in [-0.2, 0) is 6.54 Å². The van der Waals surface area contributed by atoms with E-state index in [2.05, 4.69) is 10.3 Å². The van der Waals surface area contributed by atoms with E-state index in [1.54, 1.807) is 6.07 Å². The molecular formula is C14H20Cl2IN3. The molecule has 1 saturated carbocycles. The van der Waals surface area contributed by atoms with Gasteiger partial charge < -0.3 is 11.1 Å². The van der Waals surface area contributed by atoms with Crippen LogP contribution in [0, 0.1) is 0 Å².